The highest BCUT2D eigenvalue weighted by atomic mass is 32.2. The topological polar surface area (TPSA) is 95.6 Å². The summed E-state index contributed by atoms with van der Waals surface area (Å²) in [6.07, 6.45) is 0. The molecule has 4 rings (SSSR count). The van der Waals surface area contributed by atoms with Crippen molar-refractivity contribution >= 4 is 28.6 Å². The lowest BCUT2D eigenvalue weighted by Crippen LogP contribution is -2.41. The fraction of sp³-hybridized carbons (Fsp3) is 0.0588. The number of carbonyl (C=O) groups excluding carboxylic acids is 1. The van der Waals surface area contributed by atoms with Gasteiger partial charge in [-0.05, 0) is 22.1 Å². The van der Waals surface area contributed by atoms with Gasteiger partial charge in [0.1, 0.15) is 0 Å². The van der Waals surface area contributed by atoms with Crippen LogP contribution >= 0.6 is 11.8 Å². The first kappa shape index (κ1) is 15.4. The Labute approximate surface area is 145 Å². The number of para-hydroxylation sites is 3. The first-order valence-corrected chi connectivity index (χ1v) is 8.50. The van der Waals surface area contributed by atoms with E-state index in [4.69, 9.17) is 4.52 Å². The predicted molar refractivity (Wildman–Crippen MR) is 92.0 cm³/mol. The summed E-state index contributed by atoms with van der Waals surface area (Å²) in [6, 6.07) is 16.6. The monoisotopic (exact) mass is 353 g/mol. The van der Waals surface area contributed by atoms with E-state index in [1.165, 1.54) is 16.4 Å². The highest BCUT2D eigenvalue weighted by Gasteiger charge is 2.30. The van der Waals surface area contributed by atoms with Crippen LogP contribution < -0.4 is 10.3 Å². The molecule has 0 bridgehead atoms. The fourth-order valence-corrected chi connectivity index (χ4v) is 3.22. The molecular weight excluding hydrogens is 340 g/mol. The van der Waals surface area contributed by atoms with Gasteiger partial charge in [-0.1, -0.05) is 42.1 Å². The third-order valence-electron chi connectivity index (χ3n) is 3.63. The molecule has 0 aliphatic carbocycles. The van der Waals surface area contributed by atoms with Gasteiger partial charge in [-0.25, -0.2) is 9.78 Å². The third-order valence-corrected chi connectivity index (χ3v) is 4.51. The average Bonchev–Trinajstić information content (AvgIpc) is 3.23. The number of benzene rings is 2. The summed E-state index contributed by atoms with van der Waals surface area (Å²) >= 11 is 1.24. The lowest BCUT2D eigenvalue weighted by molar-refractivity contribution is -0.672. The summed E-state index contributed by atoms with van der Waals surface area (Å²) in [5.41, 5.74) is 1.63. The predicted octanol–water partition coefficient (Wildman–Crippen LogP) is 2.10. The van der Waals surface area contributed by atoms with Crippen molar-refractivity contribution in [3.63, 3.8) is 0 Å². The number of carbonyl (C=O) groups is 1. The second-order valence-corrected chi connectivity index (χ2v) is 6.24. The minimum Gasteiger partial charge on any atom is -0.333 e. The van der Waals surface area contributed by atoms with Crippen LogP contribution in [0.5, 0.6) is 0 Å². The smallest absolute Gasteiger partial charge is 0.333 e. The van der Waals surface area contributed by atoms with Gasteiger partial charge in [0.05, 0.1) is 16.8 Å². The molecule has 7 nitrogen and oxygen atoms in total. The lowest BCUT2D eigenvalue weighted by Gasteiger charge is -1.94. The number of aromatic nitrogens is 4. The number of rotatable bonds is 5. The van der Waals surface area contributed by atoms with Gasteiger partial charge in [0.15, 0.2) is 5.16 Å². The molecular formula is C17H13N4O3S+. The standard InChI is InChI=1S/C17H12N4O3S/c22-14(10-25-17-18-12-8-4-5-9-13(12)19-17)15-16(23)24-20-21(15)11-6-2-1-3-7-11/h1-9H,10H2,(H-,18,19,20,22,23)/p+1. The molecule has 0 amide bonds. The minimum absolute atomic E-state index is 0.0465. The van der Waals surface area contributed by atoms with Crippen molar-refractivity contribution in [2.75, 3.05) is 5.75 Å². The first-order chi connectivity index (χ1) is 12.2. The number of aromatic amines is 2. The van der Waals surface area contributed by atoms with Crippen LogP contribution in [-0.4, -0.2) is 26.8 Å². The Morgan fingerprint density at radius 3 is 2.68 bits per heavy atom. The van der Waals surface area contributed by atoms with Crippen molar-refractivity contribution in [1.29, 1.82) is 0 Å². The van der Waals surface area contributed by atoms with Crippen molar-refractivity contribution in [2.24, 2.45) is 0 Å². The van der Waals surface area contributed by atoms with Crippen LogP contribution in [-0.2, 0) is 0 Å². The fourth-order valence-electron chi connectivity index (χ4n) is 2.47. The molecule has 0 saturated heterocycles. The van der Waals surface area contributed by atoms with Gasteiger partial charge < -0.3 is 4.98 Å². The second kappa shape index (κ2) is 6.40. The van der Waals surface area contributed by atoms with Crippen molar-refractivity contribution < 1.29 is 14.0 Å². The van der Waals surface area contributed by atoms with E-state index in [-0.39, 0.29) is 17.2 Å². The lowest BCUT2D eigenvalue weighted by atomic mass is 10.3. The maximum Gasteiger partial charge on any atom is 0.438 e. The number of fused-ring (bicyclic) bond motifs is 1. The number of nitrogens with zero attached hydrogens (tertiary/aromatic N) is 2. The summed E-state index contributed by atoms with van der Waals surface area (Å²) in [5.74, 6) is -0.278. The molecule has 0 spiro atoms. The van der Waals surface area contributed by atoms with E-state index in [0.717, 1.165) is 11.0 Å². The van der Waals surface area contributed by atoms with E-state index >= 15 is 0 Å². The van der Waals surface area contributed by atoms with Gasteiger partial charge in [0, 0.05) is 12.1 Å². The molecule has 0 unspecified atom stereocenters. The van der Waals surface area contributed by atoms with Crippen molar-refractivity contribution in [2.45, 2.75) is 5.16 Å². The number of hydrogen-bond acceptors (Lipinski definition) is 5. The molecule has 2 N–H and O–H groups in total. The van der Waals surface area contributed by atoms with Crippen molar-refractivity contribution in [3.05, 3.63) is 70.7 Å². The minimum atomic E-state index is -0.695. The van der Waals surface area contributed by atoms with Crippen LogP contribution in [0.1, 0.15) is 10.5 Å². The SMILES string of the molecule is O=C(CSc1nc2ccccc2[nH]1)c1c(=O)o[nH][n+]1-c1ccccc1. The Hall–Kier alpha value is -3.13. The van der Waals surface area contributed by atoms with Crippen LogP contribution in [0.4, 0.5) is 0 Å². The summed E-state index contributed by atoms with van der Waals surface area (Å²) in [4.78, 5) is 32.0. The second-order valence-electron chi connectivity index (χ2n) is 5.27. The van der Waals surface area contributed by atoms with E-state index in [9.17, 15) is 9.59 Å². The molecule has 0 saturated carbocycles. The van der Waals surface area contributed by atoms with Gasteiger partial charge in [-0.15, -0.1) is 0 Å². The quantitative estimate of drug-likeness (QED) is 0.325. The Kier molecular flexibility index (Phi) is 3.95. The number of nitrogens with one attached hydrogen (secondary N) is 2. The highest BCUT2D eigenvalue weighted by molar-refractivity contribution is 7.99. The maximum absolute atomic E-state index is 12.5. The molecule has 8 heteroatoms. The van der Waals surface area contributed by atoms with E-state index in [1.54, 1.807) is 12.1 Å². The summed E-state index contributed by atoms with van der Waals surface area (Å²) < 4.78 is 6.15. The normalized spacial score (nSPS) is 11.0. The van der Waals surface area contributed by atoms with E-state index in [0.29, 0.717) is 10.8 Å². The molecule has 0 radical (unpaired) electrons. The number of thioether (sulfide) groups is 1. The van der Waals surface area contributed by atoms with Crippen LogP contribution in [0, 0.1) is 0 Å². The Morgan fingerprint density at radius 1 is 1.12 bits per heavy atom. The molecule has 4 aromatic rings. The van der Waals surface area contributed by atoms with Gasteiger partial charge in [0.2, 0.25) is 11.5 Å². The Balaban J connectivity index is 1.57. The molecule has 2 heterocycles. The first-order valence-electron chi connectivity index (χ1n) is 7.52. The summed E-state index contributed by atoms with van der Waals surface area (Å²) in [6.45, 7) is 0. The van der Waals surface area contributed by atoms with Crippen LogP contribution in [0.15, 0.2) is 69.1 Å². The van der Waals surface area contributed by atoms with Crippen LogP contribution in [0.2, 0.25) is 0 Å². The average molecular weight is 353 g/mol. The van der Waals surface area contributed by atoms with E-state index in [1.807, 2.05) is 42.5 Å². The maximum atomic E-state index is 12.5. The molecule has 0 aliphatic rings. The number of hydrogen-bond donors (Lipinski definition) is 2. The third kappa shape index (κ3) is 2.99. The van der Waals surface area contributed by atoms with Crippen LogP contribution in [0.3, 0.4) is 0 Å². The van der Waals surface area contributed by atoms with Gasteiger partial charge in [-0.2, -0.15) is 0 Å². The number of ketones is 1. The zero-order valence-corrected chi connectivity index (χ0v) is 13.7. The zero-order chi connectivity index (χ0) is 17.2. The molecule has 124 valence electrons. The molecule has 0 fully saturated rings. The molecule has 2 aromatic heterocycles. The van der Waals surface area contributed by atoms with Crippen molar-refractivity contribution in [3.8, 4) is 5.69 Å². The Bertz CT molecular complexity index is 1060. The number of H-pyrrole nitrogens is 2. The molecule has 0 aliphatic heterocycles. The van der Waals surface area contributed by atoms with E-state index < -0.39 is 5.63 Å². The van der Waals surface area contributed by atoms with Crippen molar-refractivity contribution in [1.82, 2.24) is 15.2 Å². The van der Waals surface area contributed by atoms with E-state index in [2.05, 4.69) is 15.2 Å². The zero-order valence-electron chi connectivity index (χ0n) is 12.9. The van der Waals surface area contributed by atoms with Gasteiger partial charge >= 0.3 is 11.3 Å². The van der Waals surface area contributed by atoms with Crippen LogP contribution in [0.25, 0.3) is 16.7 Å². The molecule has 0 atom stereocenters. The summed E-state index contributed by atoms with van der Waals surface area (Å²) in [5, 5.41) is 3.09. The number of imidazole rings is 1. The summed E-state index contributed by atoms with van der Waals surface area (Å²) in [7, 11) is 0. The molecule has 2 aromatic carbocycles. The Morgan fingerprint density at radius 2 is 1.88 bits per heavy atom. The molecule has 25 heavy (non-hydrogen) atoms. The highest BCUT2D eigenvalue weighted by Crippen LogP contribution is 2.19. The largest absolute Gasteiger partial charge is 0.438 e. The van der Waals surface area contributed by atoms with Gasteiger partial charge in [-0.3, -0.25) is 9.32 Å². The van der Waals surface area contributed by atoms with Gasteiger partial charge in [0.25, 0.3) is 0 Å². The number of Topliss-reactive ketones (excluding diaryl/α,β-unsaturated/α-hetero) is 1.